The van der Waals surface area contributed by atoms with Gasteiger partial charge >= 0.3 is 0 Å². The molecule has 0 bridgehead atoms. The number of amides is 1. The van der Waals surface area contributed by atoms with Crippen molar-refractivity contribution < 1.29 is 4.79 Å². The van der Waals surface area contributed by atoms with Gasteiger partial charge in [-0.25, -0.2) is 4.98 Å². The van der Waals surface area contributed by atoms with Gasteiger partial charge in [-0.1, -0.05) is 30.3 Å². The molecule has 3 nitrogen and oxygen atoms in total. The predicted molar refractivity (Wildman–Crippen MR) is 69.0 cm³/mol. The largest absolute Gasteiger partial charge is 0.341 e. The molecule has 0 saturated heterocycles. The molecule has 2 rings (SSSR count). The van der Waals surface area contributed by atoms with Crippen LogP contribution in [0.5, 0.6) is 0 Å². The van der Waals surface area contributed by atoms with Gasteiger partial charge in [0.05, 0.1) is 5.54 Å². The number of carbonyl (C=O) groups excluding carboxylic acids is 1. The average molecular weight is 246 g/mol. The molecular formula is C13H14N2OS. The molecule has 1 N–H and O–H groups in total. The Morgan fingerprint density at radius 1 is 1.29 bits per heavy atom. The molecule has 1 heterocycles. The summed E-state index contributed by atoms with van der Waals surface area (Å²) >= 11 is 1.34. The molecule has 0 fully saturated rings. The van der Waals surface area contributed by atoms with Crippen LogP contribution in [0.2, 0.25) is 0 Å². The van der Waals surface area contributed by atoms with Crippen LogP contribution < -0.4 is 5.32 Å². The Labute approximate surface area is 105 Å². The van der Waals surface area contributed by atoms with Crippen molar-refractivity contribution in [3.05, 3.63) is 52.5 Å². The molecule has 0 atom stereocenters. The van der Waals surface area contributed by atoms with Crippen LogP contribution >= 0.6 is 11.3 Å². The Hall–Kier alpha value is -1.68. The number of aromatic nitrogens is 1. The van der Waals surface area contributed by atoms with Crippen LogP contribution in [-0.2, 0) is 5.54 Å². The highest BCUT2D eigenvalue weighted by Gasteiger charge is 2.23. The first-order valence-corrected chi connectivity index (χ1v) is 6.25. The lowest BCUT2D eigenvalue weighted by Gasteiger charge is -2.26. The Balaban J connectivity index is 2.15. The highest BCUT2D eigenvalue weighted by Crippen LogP contribution is 2.20. The first-order valence-electron chi connectivity index (χ1n) is 5.37. The summed E-state index contributed by atoms with van der Waals surface area (Å²) in [4.78, 5) is 15.9. The summed E-state index contributed by atoms with van der Waals surface area (Å²) in [6.45, 7) is 3.96. The van der Waals surface area contributed by atoms with Gasteiger partial charge in [-0.05, 0) is 19.4 Å². The van der Waals surface area contributed by atoms with Crippen molar-refractivity contribution in [2.24, 2.45) is 0 Å². The van der Waals surface area contributed by atoms with E-state index in [1.54, 1.807) is 11.6 Å². The quantitative estimate of drug-likeness (QED) is 0.904. The zero-order valence-electron chi connectivity index (χ0n) is 9.81. The van der Waals surface area contributed by atoms with Gasteiger partial charge in [0.1, 0.15) is 0 Å². The standard InChI is InChI=1S/C13H14N2OS/c1-13(2,10-6-4-3-5-7-10)15-11(16)12-14-8-9-17-12/h3-9H,1-2H3,(H,15,16). The molecule has 17 heavy (non-hydrogen) atoms. The molecule has 0 aliphatic carbocycles. The smallest absolute Gasteiger partial charge is 0.280 e. The van der Waals surface area contributed by atoms with E-state index in [1.807, 2.05) is 44.2 Å². The summed E-state index contributed by atoms with van der Waals surface area (Å²) in [5.74, 6) is -0.131. The van der Waals surface area contributed by atoms with Crippen LogP contribution in [0.25, 0.3) is 0 Å². The van der Waals surface area contributed by atoms with Crippen molar-refractivity contribution in [2.45, 2.75) is 19.4 Å². The second kappa shape index (κ2) is 4.67. The van der Waals surface area contributed by atoms with E-state index in [-0.39, 0.29) is 5.91 Å². The summed E-state index contributed by atoms with van der Waals surface area (Å²) in [7, 11) is 0. The van der Waals surface area contributed by atoms with E-state index >= 15 is 0 Å². The van der Waals surface area contributed by atoms with Gasteiger partial charge in [0.2, 0.25) is 0 Å². The number of nitrogens with one attached hydrogen (secondary N) is 1. The van der Waals surface area contributed by atoms with Gasteiger partial charge in [-0.2, -0.15) is 0 Å². The van der Waals surface area contributed by atoms with Crippen LogP contribution in [0.15, 0.2) is 41.9 Å². The topological polar surface area (TPSA) is 42.0 Å². The van der Waals surface area contributed by atoms with Crippen LogP contribution in [0.1, 0.15) is 29.2 Å². The van der Waals surface area contributed by atoms with Gasteiger partial charge in [0, 0.05) is 11.6 Å². The maximum atomic E-state index is 11.9. The van der Waals surface area contributed by atoms with E-state index < -0.39 is 5.54 Å². The molecule has 0 unspecified atom stereocenters. The van der Waals surface area contributed by atoms with Gasteiger partial charge in [0.15, 0.2) is 5.01 Å². The van der Waals surface area contributed by atoms with Crippen molar-refractivity contribution in [3.63, 3.8) is 0 Å². The van der Waals surface area contributed by atoms with E-state index in [1.165, 1.54) is 11.3 Å². The summed E-state index contributed by atoms with van der Waals surface area (Å²) in [6, 6.07) is 9.89. The Kier molecular flexibility index (Phi) is 3.24. The fourth-order valence-electron chi connectivity index (χ4n) is 1.60. The number of rotatable bonds is 3. The van der Waals surface area contributed by atoms with Crippen LogP contribution in [0.4, 0.5) is 0 Å². The molecule has 1 amide bonds. The van der Waals surface area contributed by atoms with Crippen molar-refractivity contribution in [3.8, 4) is 0 Å². The van der Waals surface area contributed by atoms with E-state index in [0.717, 1.165) is 5.56 Å². The maximum absolute atomic E-state index is 11.9. The predicted octanol–water partition coefficient (Wildman–Crippen LogP) is 2.81. The molecule has 0 aliphatic heterocycles. The van der Waals surface area contributed by atoms with E-state index in [9.17, 15) is 4.79 Å². The number of nitrogens with zero attached hydrogens (tertiary/aromatic N) is 1. The third-order valence-electron chi connectivity index (χ3n) is 2.55. The normalized spacial score (nSPS) is 11.2. The summed E-state index contributed by atoms with van der Waals surface area (Å²) in [5, 5.41) is 5.27. The highest BCUT2D eigenvalue weighted by atomic mass is 32.1. The summed E-state index contributed by atoms with van der Waals surface area (Å²) in [6.07, 6.45) is 1.63. The summed E-state index contributed by atoms with van der Waals surface area (Å²) < 4.78 is 0. The first kappa shape index (κ1) is 11.8. The number of thiazole rings is 1. The van der Waals surface area contributed by atoms with Gasteiger partial charge in [-0.3, -0.25) is 4.79 Å². The molecule has 0 spiro atoms. The molecule has 0 radical (unpaired) electrons. The molecule has 1 aromatic heterocycles. The highest BCUT2D eigenvalue weighted by molar-refractivity contribution is 7.11. The molecular weight excluding hydrogens is 232 g/mol. The Morgan fingerprint density at radius 3 is 2.59 bits per heavy atom. The maximum Gasteiger partial charge on any atom is 0.280 e. The van der Waals surface area contributed by atoms with E-state index in [2.05, 4.69) is 10.3 Å². The third kappa shape index (κ3) is 2.71. The molecule has 2 aromatic rings. The number of hydrogen-bond donors (Lipinski definition) is 1. The van der Waals surface area contributed by atoms with Gasteiger partial charge in [-0.15, -0.1) is 11.3 Å². The van der Waals surface area contributed by atoms with Crippen molar-refractivity contribution in [1.29, 1.82) is 0 Å². The Bertz CT molecular complexity index is 491. The van der Waals surface area contributed by atoms with Crippen molar-refractivity contribution >= 4 is 17.2 Å². The van der Waals surface area contributed by atoms with E-state index in [0.29, 0.717) is 5.01 Å². The molecule has 4 heteroatoms. The minimum atomic E-state index is -0.399. The minimum Gasteiger partial charge on any atom is -0.341 e. The van der Waals surface area contributed by atoms with Gasteiger partial charge in [0.25, 0.3) is 5.91 Å². The average Bonchev–Trinajstić information content (AvgIpc) is 2.83. The van der Waals surface area contributed by atoms with Crippen LogP contribution in [-0.4, -0.2) is 10.9 Å². The van der Waals surface area contributed by atoms with Crippen molar-refractivity contribution in [1.82, 2.24) is 10.3 Å². The molecule has 1 aromatic carbocycles. The monoisotopic (exact) mass is 246 g/mol. The lowest BCUT2D eigenvalue weighted by atomic mass is 9.94. The molecule has 0 saturated carbocycles. The second-order valence-electron chi connectivity index (χ2n) is 4.28. The zero-order chi connectivity index (χ0) is 12.3. The van der Waals surface area contributed by atoms with E-state index in [4.69, 9.17) is 0 Å². The second-order valence-corrected chi connectivity index (χ2v) is 5.18. The van der Waals surface area contributed by atoms with Crippen molar-refractivity contribution in [2.75, 3.05) is 0 Å². The third-order valence-corrected chi connectivity index (χ3v) is 3.32. The zero-order valence-corrected chi connectivity index (χ0v) is 10.6. The molecule has 88 valence electrons. The lowest BCUT2D eigenvalue weighted by Crippen LogP contribution is -2.40. The molecule has 0 aliphatic rings. The fraction of sp³-hybridized carbons (Fsp3) is 0.231. The fourth-order valence-corrected chi connectivity index (χ4v) is 2.13. The van der Waals surface area contributed by atoms with Crippen LogP contribution in [0.3, 0.4) is 0 Å². The number of carbonyl (C=O) groups is 1. The first-order chi connectivity index (χ1) is 8.09. The number of benzene rings is 1. The number of hydrogen-bond acceptors (Lipinski definition) is 3. The SMILES string of the molecule is CC(C)(NC(=O)c1nccs1)c1ccccc1. The van der Waals surface area contributed by atoms with Crippen LogP contribution in [0, 0.1) is 0 Å². The van der Waals surface area contributed by atoms with Gasteiger partial charge < -0.3 is 5.32 Å². The summed E-state index contributed by atoms with van der Waals surface area (Å²) in [5.41, 5.74) is 0.675. The lowest BCUT2D eigenvalue weighted by molar-refractivity contribution is 0.0911. The Morgan fingerprint density at radius 2 is 2.00 bits per heavy atom. The minimum absolute atomic E-state index is 0.131.